The Labute approximate surface area is 130 Å². The Hall–Kier alpha value is -1.93. The van der Waals surface area contributed by atoms with Gasteiger partial charge in [0.15, 0.2) is 0 Å². The van der Waals surface area contributed by atoms with Crippen molar-refractivity contribution in [3.05, 3.63) is 30.3 Å². The molecule has 0 bridgehead atoms. The van der Waals surface area contributed by atoms with Gasteiger partial charge in [-0.05, 0) is 12.1 Å². The Kier molecular flexibility index (Phi) is 7.00. The van der Waals surface area contributed by atoms with E-state index in [4.69, 9.17) is 0 Å². The molecule has 0 fully saturated rings. The monoisotopic (exact) mass is 327 g/mol. The Morgan fingerprint density at radius 2 is 1.68 bits per heavy atom. The van der Waals surface area contributed by atoms with Gasteiger partial charge in [0.25, 0.3) is 0 Å². The summed E-state index contributed by atoms with van der Waals surface area (Å²) in [6.45, 7) is 0.242. The Bertz CT molecular complexity index is 600. The molecule has 22 heavy (non-hydrogen) atoms. The molecule has 122 valence electrons. The largest absolute Gasteiger partial charge is 0.356 e. The van der Waals surface area contributed by atoms with E-state index < -0.39 is 10.0 Å². The second-order valence-corrected chi connectivity index (χ2v) is 6.62. The predicted molar refractivity (Wildman–Crippen MR) is 82.6 cm³/mol. The zero-order chi connectivity index (χ0) is 16.6. The van der Waals surface area contributed by atoms with Crippen LogP contribution in [-0.2, 0) is 19.6 Å². The van der Waals surface area contributed by atoms with Gasteiger partial charge >= 0.3 is 0 Å². The van der Waals surface area contributed by atoms with Crippen LogP contribution >= 0.6 is 0 Å². The van der Waals surface area contributed by atoms with Gasteiger partial charge in [0, 0.05) is 40.0 Å². The molecule has 0 aliphatic rings. The van der Waals surface area contributed by atoms with Crippen molar-refractivity contribution in [1.82, 2.24) is 14.9 Å². The van der Waals surface area contributed by atoms with Crippen LogP contribution in [0, 0.1) is 0 Å². The van der Waals surface area contributed by atoms with Crippen molar-refractivity contribution in [2.45, 2.75) is 17.7 Å². The van der Waals surface area contributed by atoms with Gasteiger partial charge in [-0.15, -0.1) is 0 Å². The summed E-state index contributed by atoms with van der Waals surface area (Å²) >= 11 is 0. The van der Waals surface area contributed by atoms with Crippen LogP contribution in [0.5, 0.6) is 0 Å². The van der Waals surface area contributed by atoms with Gasteiger partial charge in [-0.25, -0.2) is 13.1 Å². The molecule has 0 spiro atoms. The van der Waals surface area contributed by atoms with Gasteiger partial charge in [0.1, 0.15) is 0 Å². The zero-order valence-electron chi connectivity index (χ0n) is 12.7. The molecule has 0 saturated heterocycles. The van der Waals surface area contributed by atoms with E-state index in [0.29, 0.717) is 0 Å². The van der Waals surface area contributed by atoms with E-state index in [9.17, 15) is 18.0 Å². The first-order valence-electron chi connectivity index (χ1n) is 6.84. The van der Waals surface area contributed by atoms with Crippen molar-refractivity contribution in [3.8, 4) is 0 Å². The number of carbonyl (C=O) groups is 2. The zero-order valence-corrected chi connectivity index (χ0v) is 13.5. The van der Waals surface area contributed by atoms with E-state index in [1.165, 1.54) is 17.0 Å². The highest BCUT2D eigenvalue weighted by atomic mass is 32.2. The summed E-state index contributed by atoms with van der Waals surface area (Å²) in [6.07, 6.45) is 0.233. The smallest absolute Gasteiger partial charge is 0.240 e. The van der Waals surface area contributed by atoms with Crippen LogP contribution < -0.4 is 10.0 Å². The lowest BCUT2D eigenvalue weighted by Crippen LogP contribution is -2.33. The predicted octanol–water partition coefficient (Wildman–Crippen LogP) is -0.0505. The lowest BCUT2D eigenvalue weighted by molar-refractivity contribution is -0.128. The van der Waals surface area contributed by atoms with Gasteiger partial charge in [0.2, 0.25) is 21.8 Å². The maximum absolute atomic E-state index is 11.9. The van der Waals surface area contributed by atoms with Crippen molar-refractivity contribution in [1.29, 1.82) is 0 Å². The highest BCUT2D eigenvalue weighted by Gasteiger charge is 2.13. The molecular formula is C14H21N3O4S. The average molecular weight is 327 g/mol. The fraction of sp³-hybridized carbons (Fsp3) is 0.429. The maximum Gasteiger partial charge on any atom is 0.240 e. The van der Waals surface area contributed by atoms with Crippen molar-refractivity contribution >= 4 is 21.8 Å². The van der Waals surface area contributed by atoms with Crippen molar-refractivity contribution in [2.75, 3.05) is 27.2 Å². The minimum Gasteiger partial charge on any atom is -0.356 e. The minimum atomic E-state index is -3.59. The first kappa shape index (κ1) is 18.1. The molecule has 7 nitrogen and oxygen atoms in total. The highest BCUT2D eigenvalue weighted by molar-refractivity contribution is 7.89. The third-order valence-corrected chi connectivity index (χ3v) is 4.33. The molecule has 0 unspecified atom stereocenters. The van der Waals surface area contributed by atoms with E-state index in [-0.39, 0.29) is 42.6 Å². The van der Waals surface area contributed by atoms with Gasteiger partial charge in [-0.3, -0.25) is 9.59 Å². The third-order valence-electron chi connectivity index (χ3n) is 2.86. The number of nitrogens with zero attached hydrogens (tertiary/aromatic N) is 1. The fourth-order valence-electron chi connectivity index (χ4n) is 1.60. The molecule has 0 radical (unpaired) electrons. The second-order valence-electron chi connectivity index (χ2n) is 4.85. The molecule has 8 heteroatoms. The van der Waals surface area contributed by atoms with Gasteiger partial charge in [0.05, 0.1) is 4.90 Å². The Balaban J connectivity index is 2.29. The standard InChI is InChI=1S/C14H21N3O4S/c1-17(2)14(19)9-10-15-13(18)8-11-16-22(20,21)12-6-4-3-5-7-12/h3-7,16H,8-11H2,1-2H3,(H,15,18). The number of hydrogen-bond acceptors (Lipinski definition) is 4. The first-order chi connectivity index (χ1) is 10.3. The molecule has 2 N–H and O–H groups in total. The third kappa shape index (κ3) is 6.23. The number of hydrogen-bond donors (Lipinski definition) is 2. The number of carbonyl (C=O) groups excluding carboxylic acids is 2. The summed E-state index contributed by atoms with van der Waals surface area (Å²) in [7, 11) is -0.309. The van der Waals surface area contributed by atoms with E-state index in [1.54, 1.807) is 32.3 Å². The summed E-state index contributed by atoms with van der Waals surface area (Å²) in [5.41, 5.74) is 0. The Morgan fingerprint density at radius 1 is 1.05 bits per heavy atom. The fourth-order valence-corrected chi connectivity index (χ4v) is 2.66. The normalized spacial score (nSPS) is 11.0. The molecule has 0 aliphatic carbocycles. The number of nitrogens with one attached hydrogen (secondary N) is 2. The van der Waals surface area contributed by atoms with Crippen LogP contribution in [0.4, 0.5) is 0 Å². The van der Waals surface area contributed by atoms with Gasteiger partial charge < -0.3 is 10.2 Å². The number of rotatable bonds is 8. The van der Waals surface area contributed by atoms with E-state index >= 15 is 0 Å². The topological polar surface area (TPSA) is 95.6 Å². The van der Waals surface area contributed by atoms with Crippen LogP contribution in [0.15, 0.2) is 35.2 Å². The van der Waals surface area contributed by atoms with Crippen LogP contribution in [0.25, 0.3) is 0 Å². The van der Waals surface area contributed by atoms with Gasteiger partial charge in [-0.2, -0.15) is 0 Å². The lowest BCUT2D eigenvalue weighted by Gasteiger charge is -2.10. The minimum absolute atomic E-state index is 0.00465. The summed E-state index contributed by atoms with van der Waals surface area (Å²) in [5.74, 6) is -0.382. The highest BCUT2D eigenvalue weighted by Crippen LogP contribution is 2.06. The van der Waals surface area contributed by atoms with Crippen LogP contribution in [0.2, 0.25) is 0 Å². The first-order valence-corrected chi connectivity index (χ1v) is 8.33. The number of sulfonamides is 1. The van der Waals surface area contributed by atoms with Crippen LogP contribution in [0.3, 0.4) is 0 Å². The van der Waals surface area contributed by atoms with Crippen LogP contribution in [0.1, 0.15) is 12.8 Å². The maximum atomic E-state index is 11.9. The van der Waals surface area contributed by atoms with Gasteiger partial charge in [-0.1, -0.05) is 18.2 Å². The quantitative estimate of drug-likeness (QED) is 0.700. The molecule has 0 heterocycles. The Morgan fingerprint density at radius 3 is 2.27 bits per heavy atom. The van der Waals surface area contributed by atoms with Crippen molar-refractivity contribution < 1.29 is 18.0 Å². The van der Waals surface area contributed by atoms with Crippen LogP contribution in [-0.4, -0.2) is 52.3 Å². The second kappa shape index (κ2) is 8.50. The summed E-state index contributed by atoms with van der Waals surface area (Å²) in [6, 6.07) is 7.94. The molecule has 0 atom stereocenters. The molecule has 0 aliphatic heterocycles. The summed E-state index contributed by atoms with van der Waals surface area (Å²) < 4.78 is 26.2. The molecule has 1 aromatic carbocycles. The SMILES string of the molecule is CN(C)C(=O)CCNC(=O)CCNS(=O)(=O)c1ccccc1. The molecule has 1 aromatic rings. The molecule has 2 amide bonds. The molecule has 0 aromatic heterocycles. The molecular weight excluding hydrogens is 306 g/mol. The lowest BCUT2D eigenvalue weighted by atomic mass is 10.3. The molecule has 0 saturated carbocycles. The molecule has 1 rings (SSSR count). The summed E-state index contributed by atoms with van der Waals surface area (Å²) in [4.78, 5) is 24.5. The number of amides is 2. The van der Waals surface area contributed by atoms with Crippen molar-refractivity contribution in [3.63, 3.8) is 0 Å². The van der Waals surface area contributed by atoms with E-state index in [1.807, 2.05) is 0 Å². The van der Waals surface area contributed by atoms with E-state index in [2.05, 4.69) is 10.0 Å². The summed E-state index contributed by atoms with van der Waals surface area (Å²) in [5, 5.41) is 2.57. The number of benzene rings is 1. The average Bonchev–Trinajstić information content (AvgIpc) is 2.47. The van der Waals surface area contributed by atoms with Crippen molar-refractivity contribution in [2.24, 2.45) is 0 Å². The van der Waals surface area contributed by atoms with E-state index in [0.717, 1.165) is 0 Å².